The average Bonchev–Trinajstić information content (AvgIpc) is 3.14. The summed E-state index contributed by atoms with van der Waals surface area (Å²) in [7, 11) is 0. The second-order valence-electron chi connectivity index (χ2n) is 7.56. The maximum absolute atomic E-state index is 13.3. The van der Waals surface area contributed by atoms with Crippen molar-refractivity contribution in [3.8, 4) is 0 Å². The number of carbonyl (C=O) groups is 2. The van der Waals surface area contributed by atoms with E-state index in [0.29, 0.717) is 31.7 Å². The van der Waals surface area contributed by atoms with Gasteiger partial charge in [-0.1, -0.05) is 6.92 Å². The summed E-state index contributed by atoms with van der Waals surface area (Å²) in [6, 6.07) is 2.03. The molecule has 8 nitrogen and oxygen atoms in total. The number of rotatable bonds is 6. The van der Waals surface area contributed by atoms with Gasteiger partial charge in [-0.3, -0.25) is 9.59 Å². The number of aromatic nitrogens is 3. The number of amides is 2. The molecule has 10 heteroatoms. The molecule has 168 valence electrons. The number of piperidine rings is 1. The van der Waals surface area contributed by atoms with Crippen LogP contribution in [0.3, 0.4) is 0 Å². The first-order valence-electron chi connectivity index (χ1n) is 10.1. The summed E-state index contributed by atoms with van der Waals surface area (Å²) in [6.07, 6.45) is 4.26. The van der Waals surface area contributed by atoms with Gasteiger partial charge in [-0.15, -0.1) is 24.8 Å². The molecule has 1 aliphatic rings. The number of nitrogens with one attached hydrogen (secondary N) is 1. The molecule has 1 saturated heterocycles. The van der Waals surface area contributed by atoms with E-state index in [4.69, 9.17) is 5.73 Å². The molecule has 2 unspecified atom stereocenters. The molecule has 0 aromatic carbocycles. The van der Waals surface area contributed by atoms with Gasteiger partial charge in [0.15, 0.2) is 5.65 Å². The van der Waals surface area contributed by atoms with Crippen LogP contribution in [0.5, 0.6) is 0 Å². The predicted octanol–water partition coefficient (Wildman–Crippen LogP) is 2.48. The minimum atomic E-state index is -0.189. The van der Waals surface area contributed by atoms with Crippen molar-refractivity contribution in [3.05, 3.63) is 23.5 Å². The second-order valence-corrected chi connectivity index (χ2v) is 7.56. The number of aryl methyl sites for hydroxylation is 1. The van der Waals surface area contributed by atoms with E-state index in [1.54, 1.807) is 11.1 Å². The number of halogens is 2. The minimum Gasteiger partial charge on any atom is -0.355 e. The Hall–Kier alpha value is -1.90. The number of hydrogen-bond donors (Lipinski definition) is 2. The van der Waals surface area contributed by atoms with Gasteiger partial charge in [0, 0.05) is 31.9 Å². The number of hydrogen-bond acceptors (Lipinski definition) is 5. The van der Waals surface area contributed by atoms with Gasteiger partial charge in [0.2, 0.25) is 5.91 Å². The molecule has 3 rings (SSSR count). The van der Waals surface area contributed by atoms with Gasteiger partial charge in [-0.05, 0) is 39.2 Å². The fourth-order valence-electron chi connectivity index (χ4n) is 3.70. The minimum absolute atomic E-state index is 0. The number of nitrogens with zero attached hydrogens (tertiary/aromatic N) is 4. The number of pyridine rings is 1. The van der Waals surface area contributed by atoms with Crippen LogP contribution in [0, 0.1) is 12.8 Å². The molecule has 30 heavy (non-hydrogen) atoms. The fourth-order valence-corrected chi connectivity index (χ4v) is 3.70. The number of fused-ring (bicyclic) bond motifs is 1. The molecule has 0 radical (unpaired) electrons. The molecule has 3 heterocycles. The van der Waals surface area contributed by atoms with Crippen LogP contribution in [0.2, 0.25) is 0 Å². The molecule has 1 aliphatic heterocycles. The lowest BCUT2D eigenvalue weighted by atomic mass is 9.96. The molecule has 2 amide bonds. The Morgan fingerprint density at radius 2 is 2.10 bits per heavy atom. The molecule has 3 N–H and O–H groups in total. The van der Waals surface area contributed by atoms with E-state index in [1.807, 2.05) is 17.7 Å². The zero-order chi connectivity index (χ0) is 20.3. The molecule has 2 aromatic heterocycles. The van der Waals surface area contributed by atoms with Crippen molar-refractivity contribution >= 4 is 47.7 Å². The van der Waals surface area contributed by atoms with Crippen LogP contribution >= 0.6 is 24.8 Å². The smallest absolute Gasteiger partial charge is 0.254 e. The predicted molar refractivity (Wildman–Crippen MR) is 122 cm³/mol. The number of likely N-dealkylation sites (tertiary alicyclic amines) is 1. The molecular formula is C20H32Cl2N6O2. The summed E-state index contributed by atoms with van der Waals surface area (Å²) in [5.41, 5.74) is 7.61. The summed E-state index contributed by atoms with van der Waals surface area (Å²) >= 11 is 0. The van der Waals surface area contributed by atoms with Gasteiger partial charge in [-0.25, -0.2) is 9.67 Å². The zero-order valence-electron chi connectivity index (χ0n) is 17.8. The van der Waals surface area contributed by atoms with Crippen LogP contribution in [-0.4, -0.2) is 57.7 Å². The SMILES string of the molecule is CCC(C)n1ncc2c(C(=O)N3CCCC(C(=O)NCCN)C3)cc(C)nc21.Cl.Cl. The van der Waals surface area contributed by atoms with Gasteiger partial charge < -0.3 is 16.0 Å². The van der Waals surface area contributed by atoms with Crippen LogP contribution in [0.15, 0.2) is 12.3 Å². The van der Waals surface area contributed by atoms with E-state index in [0.717, 1.165) is 36.0 Å². The van der Waals surface area contributed by atoms with Gasteiger partial charge >= 0.3 is 0 Å². The van der Waals surface area contributed by atoms with E-state index in [1.165, 1.54) is 0 Å². The summed E-state index contributed by atoms with van der Waals surface area (Å²) in [6.45, 7) is 8.04. The quantitative estimate of drug-likeness (QED) is 0.691. The van der Waals surface area contributed by atoms with Gasteiger partial charge in [0.05, 0.1) is 29.1 Å². The maximum Gasteiger partial charge on any atom is 0.254 e. The maximum atomic E-state index is 13.3. The van der Waals surface area contributed by atoms with Crippen molar-refractivity contribution in [2.24, 2.45) is 11.7 Å². The highest BCUT2D eigenvalue weighted by Gasteiger charge is 2.30. The van der Waals surface area contributed by atoms with Crippen molar-refractivity contribution in [2.45, 2.75) is 46.1 Å². The van der Waals surface area contributed by atoms with Crippen LogP contribution in [-0.2, 0) is 4.79 Å². The highest BCUT2D eigenvalue weighted by atomic mass is 35.5. The third-order valence-electron chi connectivity index (χ3n) is 5.46. The van der Waals surface area contributed by atoms with E-state index < -0.39 is 0 Å². The van der Waals surface area contributed by atoms with Gasteiger partial charge in [-0.2, -0.15) is 5.10 Å². The summed E-state index contributed by atoms with van der Waals surface area (Å²) in [5, 5.41) is 8.09. The third kappa shape index (κ3) is 5.42. The highest BCUT2D eigenvalue weighted by Crippen LogP contribution is 2.25. The molecule has 0 bridgehead atoms. The summed E-state index contributed by atoms with van der Waals surface area (Å²) in [4.78, 5) is 32.0. The summed E-state index contributed by atoms with van der Waals surface area (Å²) < 4.78 is 1.89. The summed E-state index contributed by atoms with van der Waals surface area (Å²) in [5.74, 6) is -0.273. The van der Waals surface area contributed by atoms with E-state index in [2.05, 4.69) is 29.2 Å². The second kappa shape index (κ2) is 11.5. The van der Waals surface area contributed by atoms with E-state index in [9.17, 15) is 9.59 Å². The Bertz CT molecular complexity index is 872. The monoisotopic (exact) mass is 458 g/mol. The Balaban J connectivity index is 0.00000225. The lowest BCUT2D eigenvalue weighted by molar-refractivity contribution is -0.126. The molecular weight excluding hydrogens is 427 g/mol. The first-order chi connectivity index (χ1) is 13.5. The molecule has 2 atom stereocenters. The molecule has 0 aliphatic carbocycles. The van der Waals surface area contributed by atoms with Crippen LogP contribution in [0.1, 0.15) is 55.2 Å². The van der Waals surface area contributed by atoms with Crippen molar-refractivity contribution in [1.82, 2.24) is 25.0 Å². The van der Waals surface area contributed by atoms with Crippen LogP contribution in [0.4, 0.5) is 0 Å². The third-order valence-corrected chi connectivity index (χ3v) is 5.46. The number of carbonyl (C=O) groups excluding carboxylic acids is 2. The highest BCUT2D eigenvalue weighted by molar-refractivity contribution is 6.05. The Morgan fingerprint density at radius 1 is 1.37 bits per heavy atom. The fraction of sp³-hybridized carbons (Fsp3) is 0.600. The lowest BCUT2D eigenvalue weighted by Gasteiger charge is -2.32. The van der Waals surface area contributed by atoms with Gasteiger partial charge in [0.25, 0.3) is 5.91 Å². The van der Waals surface area contributed by atoms with E-state index >= 15 is 0 Å². The van der Waals surface area contributed by atoms with Crippen LogP contribution in [0.25, 0.3) is 11.0 Å². The normalized spacial score (nSPS) is 17.1. The Labute approximate surface area is 189 Å². The first kappa shape index (κ1) is 26.1. The van der Waals surface area contributed by atoms with Crippen molar-refractivity contribution in [1.29, 1.82) is 0 Å². The lowest BCUT2D eigenvalue weighted by Crippen LogP contribution is -2.46. The van der Waals surface area contributed by atoms with Crippen LogP contribution < -0.4 is 11.1 Å². The zero-order valence-corrected chi connectivity index (χ0v) is 19.4. The van der Waals surface area contributed by atoms with Gasteiger partial charge in [0.1, 0.15) is 0 Å². The Kier molecular flexibility index (Phi) is 10.0. The Morgan fingerprint density at radius 3 is 2.77 bits per heavy atom. The topological polar surface area (TPSA) is 106 Å². The first-order valence-corrected chi connectivity index (χ1v) is 10.1. The average molecular weight is 459 g/mol. The molecule has 1 fully saturated rings. The van der Waals surface area contributed by atoms with Crippen molar-refractivity contribution in [2.75, 3.05) is 26.2 Å². The molecule has 2 aromatic rings. The number of nitrogens with two attached hydrogens (primary N) is 1. The molecule has 0 spiro atoms. The molecule has 0 saturated carbocycles. The van der Waals surface area contributed by atoms with E-state index in [-0.39, 0.29) is 48.6 Å². The van der Waals surface area contributed by atoms with Crippen molar-refractivity contribution in [3.63, 3.8) is 0 Å². The van der Waals surface area contributed by atoms with Crippen molar-refractivity contribution < 1.29 is 9.59 Å². The largest absolute Gasteiger partial charge is 0.355 e. The standard InChI is InChI=1S/C20H30N6O2.2ClH/c1-4-14(3)26-18-17(11-23-26)16(10-13(2)24-18)20(28)25-9-5-6-15(12-25)19(27)22-8-7-21;;/h10-11,14-15H,4-9,12,21H2,1-3H3,(H,22,27);2*1H.